The van der Waals surface area contributed by atoms with Crippen molar-refractivity contribution in [2.75, 3.05) is 23.4 Å². The fraction of sp³-hybridized carbons (Fsp3) is 0.368. The van der Waals surface area contributed by atoms with Gasteiger partial charge >= 0.3 is 5.97 Å². The molecule has 0 aliphatic carbocycles. The average molecular weight is 465 g/mol. The monoisotopic (exact) mass is 464 g/mol. The molecular weight excluding hydrogens is 444 g/mol. The first-order chi connectivity index (χ1) is 14.7. The first-order valence-corrected chi connectivity index (χ1v) is 12.1. The van der Waals surface area contributed by atoms with E-state index in [1.54, 1.807) is 32.0 Å². The number of furan rings is 1. The molecule has 3 aromatic rings. The van der Waals surface area contributed by atoms with Crippen LogP contribution in [0.2, 0.25) is 0 Å². The Morgan fingerprint density at radius 3 is 2.87 bits per heavy atom. The molecule has 1 saturated heterocycles. The van der Waals surface area contributed by atoms with Gasteiger partial charge in [0.1, 0.15) is 5.82 Å². The van der Waals surface area contributed by atoms with Gasteiger partial charge in [-0.25, -0.2) is 22.9 Å². The highest BCUT2D eigenvalue weighted by molar-refractivity contribution is 7.91. The molecule has 1 amide bonds. The van der Waals surface area contributed by atoms with Gasteiger partial charge < -0.3 is 14.5 Å². The van der Waals surface area contributed by atoms with Crippen LogP contribution in [0.25, 0.3) is 10.8 Å². The number of carbonyl (C=O) groups is 2. The summed E-state index contributed by atoms with van der Waals surface area (Å²) < 4.78 is 35.5. The summed E-state index contributed by atoms with van der Waals surface area (Å²) in [5.41, 5.74) is 0.765. The quantitative estimate of drug-likeness (QED) is 0.550. The van der Waals surface area contributed by atoms with Crippen LogP contribution >= 0.6 is 11.3 Å². The number of thiazole rings is 1. The number of aromatic nitrogens is 3. The lowest BCUT2D eigenvalue weighted by Crippen LogP contribution is -2.24. The Labute approximate surface area is 182 Å². The highest BCUT2D eigenvalue weighted by atomic mass is 32.2. The van der Waals surface area contributed by atoms with E-state index in [4.69, 9.17) is 9.15 Å². The first kappa shape index (κ1) is 21.2. The lowest BCUT2D eigenvalue weighted by molar-refractivity contribution is -0.119. The van der Waals surface area contributed by atoms with Gasteiger partial charge in [0.2, 0.25) is 0 Å². The minimum Gasteiger partial charge on any atom is -0.462 e. The van der Waals surface area contributed by atoms with Gasteiger partial charge in [0.25, 0.3) is 5.91 Å². The summed E-state index contributed by atoms with van der Waals surface area (Å²) >= 11 is 1.29. The normalized spacial score (nSPS) is 17.5. The Balaban J connectivity index is 1.39. The summed E-state index contributed by atoms with van der Waals surface area (Å²) in [5.74, 6) is -0.294. The number of esters is 1. The molecule has 31 heavy (non-hydrogen) atoms. The number of nitrogens with one attached hydrogen (secondary N) is 1. The van der Waals surface area contributed by atoms with E-state index in [0.717, 1.165) is 0 Å². The van der Waals surface area contributed by atoms with Crippen LogP contribution in [-0.4, -0.2) is 53.2 Å². The molecule has 0 spiro atoms. The molecule has 12 heteroatoms. The van der Waals surface area contributed by atoms with E-state index in [2.05, 4.69) is 15.4 Å². The van der Waals surface area contributed by atoms with E-state index >= 15 is 0 Å². The van der Waals surface area contributed by atoms with E-state index in [0.29, 0.717) is 33.6 Å². The van der Waals surface area contributed by atoms with Crippen molar-refractivity contribution in [2.24, 2.45) is 0 Å². The minimum absolute atomic E-state index is 0.0208. The van der Waals surface area contributed by atoms with Gasteiger partial charge in [-0.1, -0.05) is 0 Å². The van der Waals surface area contributed by atoms with Gasteiger partial charge in [-0.3, -0.25) is 4.79 Å². The highest BCUT2D eigenvalue weighted by Gasteiger charge is 2.31. The van der Waals surface area contributed by atoms with Crippen LogP contribution in [0.15, 0.2) is 28.9 Å². The number of carbonyl (C=O) groups excluding carboxylic acids is 2. The predicted molar refractivity (Wildman–Crippen MR) is 113 cm³/mol. The summed E-state index contributed by atoms with van der Waals surface area (Å²) in [5, 5.41) is 7.49. The maximum absolute atomic E-state index is 12.4. The van der Waals surface area contributed by atoms with Crippen LogP contribution in [0.4, 0.5) is 5.82 Å². The summed E-state index contributed by atoms with van der Waals surface area (Å²) in [6.07, 6.45) is 1.95. The van der Waals surface area contributed by atoms with Crippen LogP contribution in [-0.2, 0) is 19.4 Å². The van der Waals surface area contributed by atoms with E-state index in [9.17, 15) is 18.0 Å². The lowest BCUT2D eigenvalue weighted by Gasteiger charge is -2.13. The van der Waals surface area contributed by atoms with Gasteiger partial charge in [0.05, 0.1) is 29.5 Å². The maximum atomic E-state index is 12.4. The van der Waals surface area contributed by atoms with Crippen LogP contribution in [0.5, 0.6) is 0 Å². The Morgan fingerprint density at radius 1 is 1.39 bits per heavy atom. The van der Waals surface area contributed by atoms with Crippen molar-refractivity contribution in [1.29, 1.82) is 0 Å². The predicted octanol–water partition coefficient (Wildman–Crippen LogP) is 2.37. The van der Waals surface area contributed by atoms with E-state index in [-0.39, 0.29) is 23.2 Å². The first-order valence-electron chi connectivity index (χ1n) is 9.47. The van der Waals surface area contributed by atoms with E-state index in [1.165, 1.54) is 22.3 Å². The average Bonchev–Trinajstić information content (AvgIpc) is 3.47. The Morgan fingerprint density at radius 2 is 2.19 bits per heavy atom. The number of rotatable bonds is 6. The molecular formula is C19H20N4O6S2. The molecule has 0 bridgehead atoms. The third-order valence-corrected chi connectivity index (χ3v) is 7.47. The highest BCUT2D eigenvalue weighted by Crippen LogP contribution is 2.29. The lowest BCUT2D eigenvalue weighted by atomic mass is 10.3. The zero-order chi connectivity index (χ0) is 22.2. The second-order valence-corrected chi connectivity index (χ2v) is 10.6. The summed E-state index contributed by atoms with van der Waals surface area (Å²) in [7, 11) is -3.11. The topological polar surface area (TPSA) is 133 Å². The van der Waals surface area contributed by atoms with Gasteiger partial charge in [-0.15, -0.1) is 11.3 Å². The third kappa shape index (κ3) is 4.69. The number of hydrogen-bond donors (Lipinski definition) is 1. The SMILES string of the molecule is Cc1cc(NC(=O)COC(=O)c2nc(-c3ccco3)sc2C)n(C2CCS(=O)(=O)C2)n1. The molecule has 0 aromatic carbocycles. The molecule has 1 atom stereocenters. The zero-order valence-corrected chi connectivity index (χ0v) is 18.5. The summed E-state index contributed by atoms with van der Waals surface area (Å²) in [4.78, 5) is 29.6. The van der Waals surface area contributed by atoms with Crippen molar-refractivity contribution in [3.05, 3.63) is 40.7 Å². The number of aryl methyl sites for hydroxylation is 2. The fourth-order valence-corrected chi connectivity index (χ4v) is 5.89. The Hall–Kier alpha value is -2.99. The Bertz CT molecular complexity index is 1230. The summed E-state index contributed by atoms with van der Waals surface area (Å²) in [6, 6.07) is 4.77. The van der Waals surface area contributed by atoms with Crippen molar-refractivity contribution in [1.82, 2.24) is 14.8 Å². The fourth-order valence-electron chi connectivity index (χ4n) is 3.33. The molecule has 164 valence electrons. The molecule has 10 nitrogen and oxygen atoms in total. The maximum Gasteiger partial charge on any atom is 0.358 e. The standard InChI is InChI=1S/C19H20N4O6S2/c1-11-8-15(23(22-11)13-5-7-31(26,27)10-13)20-16(24)9-29-19(25)17-12(2)30-18(21-17)14-4-3-6-28-14/h3-4,6,8,13H,5,7,9-10H2,1-2H3,(H,20,24). The van der Waals surface area contributed by atoms with Gasteiger partial charge in [-0.05, 0) is 32.4 Å². The van der Waals surface area contributed by atoms with Gasteiger partial charge in [0.15, 0.2) is 32.9 Å². The third-order valence-electron chi connectivity index (χ3n) is 4.74. The minimum atomic E-state index is -3.11. The second-order valence-electron chi connectivity index (χ2n) is 7.20. The van der Waals surface area contributed by atoms with Crippen molar-refractivity contribution in [3.63, 3.8) is 0 Å². The molecule has 0 radical (unpaired) electrons. The van der Waals surface area contributed by atoms with Crippen LogP contribution in [0.1, 0.15) is 33.5 Å². The molecule has 3 aromatic heterocycles. The molecule has 1 aliphatic rings. The van der Waals surface area contributed by atoms with Crippen LogP contribution in [0, 0.1) is 13.8 Å². The largest absolute Gasteiger partial charge is 0.462 e. The molecule has 1 N–H and O–H groups in total. The molecule has 1 unspecified atom stereocenters. The van der Waals surface area contributed by atoms with Crippen LogP contribution in [0.3, 0.4) is 0 Å². The number of ether oxygens (including phenoxy) is 1. The van der Waals surface area contributed by atoms with Crippen molar-refractivity contribution in [3.8, 4) is 10.8 Å². The number of amides is 1. The summed E-state index contributed by atoms with van der Waals surface area (Å²) in [6.45, 7) is 2.97. The molecule has 1 fully saturated rings. The Kier molecular flexibility index (Phi) is 5.67. The number of anilines is 1. The number of sulfone groups is 1. The van der Waals surface area contributed by atoms with Crippen LogP contribution < -0.4 is 5.32 Å². The molecule has 0 saturated carbocycles. The number of nitrogens with zero attached hydrogens (tertiary/aromatic N) is 3. The smallest absolute Gasteiger partial charge is 0.358 e. The van der Waals surface area contributed by atoms with Gasteiger partial charge in [0, 0.05) is 10.9 Å². The van der Waals surface area contributed by atoms with Crippen molar-refractivity contribution < 1.29 is 27.2 Å². The molecule has 1 aliphatic heterocycles. The van der Waals surface area contributed by atoms with E-state index in [1.807, 2.05) is 0 Å². The number of hydrogen-bond acceptors (Lipinski definition) is 9. The van der Waals surface area contributed by atoms with E-state index < -0.39 is 28.3 Å². The van der Waals surface area contributed by atoms with Crippen molar-refractivity contribution in [2.45, 2.75) is 26.3 Å². The van der Waals surface area contributed by atoms with Gasteiger partial charge in [-0.2, -0.15) is 5.10 Å². The molecule has 4 rings (SSSR count). The zero-order valence-electron chi connectivity index (χ0n) is 16.8. The second kappa shape index (κ2) is 8.27. The van der Waals surface area contributed by atoms with Crippen molar-refractivity contribution >= 4 is 38.9 Å². The molecule has 4 heterocycles.